The van der Waals surface area contributed by atoms with Crippen molar-refractivity contribution in [1.29, 1.82) is 0 Å². The van der Waals surface area contributed by atoms with Gasteiger partial charge < -0.3 is 10.2 Å². The van der Waals surface area contributed by atoms with Gasteiger partial charge in [0, 0.05) is 22.1 Å². The van der Waals surface area contributed by atoms with Gasteiger partial charge in [-0.15, -0.1) is 11.3 Å². The Hall–Kier alpha value is -1.17. The Bertz CT molecular complexity index is 668. The zero-order valence-corrected chi connectivity index (χ0v) is 13.7. The molecule has 0 fully saturated rings. The van der Waals surface area contributed by atoms with Crippen LogP contribution in [0, 0.1) is 0 Å². The molecule has 2 aromatic rings. The molecule has 1 aliphatic rings. The summed E-state index contributed by atoms with van der Waals surface area (Å²) in [4.78, 5) is 14.8. The molecular formula is C15H15BrN2OS. The third kappa shape index (κ3) is 2.20. The van der Waals surface area contributed by atoms with E-state index in [9.17, 15) is 4.79 Å². The van der Waals surface area contributed by atoms with Crippen molar-refractivity contribution in [2.45, 2.75) is 12.5 Å². The molecule has 1 amide bonds. The van der Waals surface area contributed by atoms with E-state index in [1.807, 2.05) is 20.2 Å². The highest BCUT2D eigenvalue weighted by atomic mass is 79.9. The minimum absolute atomic E-state index is 0.149. The van der Waals surface area contributed by atoms with Crippen LogP contribution in [0.5, 0.6) is 0 Å². The summed E-state index contributed by atoms with van der Waals surface area (Å²) in [6, 6.07) is 8.50. The summed E-state index contributed by atoms with van der Waals surface area (Å²) in [5.41, 5.74) is 3.33. The first-order valence-corrected chi connectivity index (χ1v) is 8.08. The van der Waals surface area contributed by atoms with Crippen LogP contribution in [-0.2, 0) is 11.2 Å². The van der Waals surface area contributed by atoms with Gasteiger partial charge in [0.1, 0.15) is 0 Å². The first kappa shape index (κ1) is 13.8. The average Bonchev–Trinajstić information content (AvgIpc) is 2.96. The first-order valence-electron chi connectivity index (χ1n) is 6.41. The van der Waals surface area contributed by atoms with Gasteiger partial charge >= 0.3 is 0 Å². The number of carbonyl (C=O) groups is 1. The summed E-state index contributed by atoms with van der Waals surface area (Å²) in [5, 5.41) is 5.43. The van der Waals surface area contributed by atoms with Crippen molar-refractivity contribution in [2.24, 2.45) is 0 Å². The van der Waals surface area contributed by atoms with E-state index in [1.165, 1.54) is 10.4 Å². The van der Waals surface area contributed by atoms with Crippen molar-refractivity contribution in [2.75, 3.05) is 19.0 Å². The first-order chi connectivity index (χ1) is 9.61. The standard InChI is InChI=1S/C15H15BrN2OS/c1-17-14(15-11(16)5-6-20-15)9-3-4-12-10(7-9)8-13(19)18(12)2/h3-7,14,17H,8H2,1-2H3. The molecule has 3 nitrogen and oxygen atoms in total. The molecule has 0 spiro atoms. The molecule has 3 rings (SSSR count). The minimum atomic E-state index is 0.149. The Morgan fingerprint density at radius 3 is 2.85 bits per heavy atom. The van der Waals surface area contributed by atoms with Gasteiger partial charge in [0.2, 0.25) is 5.91 Å². The van der Waals surface area contributed by atoms with Crippen LogP contribution >= 0.6 is 27.3 Å². The molecule has 0 saturated carbocycles. The van der Waals surface area contributed by atoms with Gasteiger partial charge in [0.15, 0.2) is 0 Å². The van der Waals surface area contributed by atoms with Crippen LogP contribution in [0.3, 0.4) is 0 Å². The van der Waals surface area contributed by atoms with Crippen LogP contribution in [0.15, 0.2) is 34.1 Å². The largest absolute Gasteiger partial charge is 0.315 e. The fourth-order valence-electron chi connectivity index (χ4n) is 2.63. The SMILES string of the molecule is CNC(c1ccc2c(c1)CC(=O)N2C)c1sccc1Br. The van der Waals surface area contributed by atoms with Crippen LogP contribution in [0.25, 0.3) is 0 Å². The van der Waals surface area contributed by atoms with Crippen molar-refractivity contribution in [3.05, 3.63) is 50.1 Å². The molecule has 104 valence electrons. The molecule has 0 bridgehead atoms. The van der Waals surface area contributed by atoms with E-state index in [-0.39, 0.29) is 11.9 Å². The number of fused-ring (bicyclic) bond motifs is 1. The normalized spacial score (nSPS) is 15.6. The highest BCUT2D eigenvalue weighted by molar-refractivity contribution is 9.10. The summed E-state index contributed by atoms with van der Waals surface area (Å²) in [6.45, 7) is 0. The maximum Gasteiger partial charge on any atom is 0.231 e. The number of nitrogens with one attached hydrogen (secondary N) is 1. The van der Waals surface area contributed by atoms with Gasteiger partial charge in [-0.2, -0.15) is 0 Å². The molecule has 2 heterocycles. The number of carbonyl (C=O) groups excluding carboxylic acids is 1. The van der Waals surface area contributed by atoms with E-state index >= 15 is 0 Å². The fourth-order valence-corrected chi connectivity index (χ4v) is 4.37. The van der Waals surface area contributed by atoms with E-state index in [0.717, 1.165) is 15.7 Å². The lowest BCUT2D eigenvalue weighted by Crippen LogP contribution is -2.20. The molecule has 1 unspecified atom stereocenters. The van der Waals surface area contributed by atoms with Crippen molar-refractivity contribution < 1.29 is 4.79 Å². The smallest absolute Gasteiger partial charge is 0.231 e. The molecule has 20 heavy (non-hydrogen) atoms. The van der Waals surface area contributed by atoms with E-state index in [0.29, 0.717) is 6.42 Å². The maximum absolute atomic E-state index is 11.8. The number of halogens is 1. The van der Waals surface area contributed by atoms with Gasteiger partial charge in [-0.25, -0.2) is 0 Å². The monoisotopic (exact) mass is 350 g/mol. The number of hydrogen-bond acceptors (Lipinski definition) is 3. The second-order valence-corrected chi connectivity index (χ2v) is 6.67. The van der Waals surface area contributed by atoms with Gasteiger partial charge in [0.05, 0.1) is 12.5 Å². The number of hydrogen-bond donors (Lipinski definition) is 1. The predicted molar refractivity (Wildman–Crippen MR) is 86.5 cm³/mol. The van der Waals surface area contributed by atoms with Crippen LogP contribution in [0.2, 0.25) is 0 Å². The topological polar surface area (TPSA) is 32.3 Å². The molecular weight excluding hydrogens is 336 g/mol. The lowest BCUT2D eigenvalue weighted by atomic mass is 10.0. The summed E-state index contributed by atoms with van der Waals surface area (Å²) in [5.74, 6) is 0.162. The van der Waals surface area contributed by atoms with Gasteiger partial charge in [-0.05, 0) is 51.6 Å². The average molecular weight is 351 g/mol. The Kier molecular flexibility index (Phi) is 3.67. The fraction of sp³-hybridized carbons (Fsp3) is 0.267. The number of benzene rings is 1. The van der Waals surface area contributed by atoms with Crippen molar-refractivity contribution in [3.8, 4) is 0 Å². The van der Waals surface area contributed by atoms with Crippen LogP contribution in [0.4, 0.5) is 5.69 Å². The number of nitrogens with zero attached hydrogens (tertiary/aromatic N) is 1. The van der Waals surface area contributed by atoms with Crippen molar-refractivity contribution >= 4 is 38.9 Å². The Balaban J connectivity index is 2.01. The number of amides is 1. The molecule has 0 radical (unpaired) electrons. The van der Waals surface area contributed by atoms with Gasteiger partial charge in [-0.1, -0.05) is 12.1 Å². The highest BCUT2D eigenvalue weighted by Crippen LogP contribution is 2.36. The summed E-state index contributed by atoms with van der Waals surface area (Å²) in [6.07, 6.45) is 0.502. The third-order valence-corrected chi connectivity index (χ3v) is 5.65. The van der Waals surface area contributed by atoms with Crippen molar-refractivity contribution in [3.63, 3.8) is 0 Å². The maximum atomic E-state index is 11.8. The molecule has 5 heteroatoms. The zero-order valence-electron chi connectivity index (χ0n) is 11.3. The summed E-state index contributed by atoms with van der Waals surface area (Å²) in [7, 11) is 3.79. The Morgan fingerprint density at radius 2 is 2.20 bits per heavy atom. The minimum Gasteiger partial charge on any atom is -0.315 e. The molecule has 1 N–H and O–H groups in total. The second kappa shape index (κ2) is 5.31. The lowest BCUT2D eigenvalue weighted by molar-refractivity contribution is -0.117. The summed E-state index contributed by atoms with van der Waals surface area (Å²) < 4.78 is 1.12. The van der Waals surface area contributed by atoms with Gasteiger partial charge in [0.25, 0.3) is 0 Å². The van der Waals surface area contributed by atoms with E-state index in [2.05, 4.69) is 44.8 Å². The number of thiophene rings is 1. The van der Waals surface area contributed by atoms with Crippen LogP contribution in [-0.4, -0.2) is 20.0 Å². The quantitative estimate of drug-likeness (QED) is 0.920. The van der Waals surface area contributed by atoms with Crippen LogP contribution < -0.4 is 10.2 Å². The summed E-state index contributed by atoms with van der Waals surface area (Å²) >= 11 is 5.32. The number of likely N-dealkylation sites (N-methyl/N-ethyl adjacent to an activating group) is 1. The van der Waals surface area contributed by atoms with Crippen LogP contribution in [0.1, 0.15) is 22.0 Å². The zero-order chi connectivity index (χ0) is 14.3. The Morgan fingerprint density at radius 1 is 1.40 bits per heavy atom. The molecule has 0 aliphatic carbocycles. The number of anilines is 1. The molecule has 0 saturated heterocycles. The highest BCUT2D eigenvalue weighted by Gasteiger charge is 2.25. The molecule has 1 aliphatic heterocycles. The third-order valence-electron chi connectivity index (χ3n) is 3.71. The van der Waals surface area contributed by atoms with E-state index in [1.54, 1.807) is 16.2 Å². The van der Waals surface area contributed by atoms with E-state index < -0.39 is 0 Å². The van der Waals surface area contributed by atoms with Gasteiger partial charge in [-0.3, -0.25) is 4.79 Å². The lowest BCUT2D eigenvalue weighted by Gasteiger charge is -2.18. The molecule has 1 atom stereocenters. The predicted octanol–water partition coefficient (Wildman–Crippen LogP) is 3.34. The van der Waals surface area contributed by atoms with Crippen molar-refractivity contribution in [1.82, 2.24) is 5.32 Å². The number of rotatable bonds is 3. The molecule has 1 aromatic heterocycles. The molecule has 1 aromatic carbocycles. The Labute approximate surface area is 130 Å². The van der Waals surface area contributed by atoms with E-state index in [4.69, 9.17) is 0 Å². The second-order valence-electron chi connectivity index (χ2n) is 4.87.